The Kier molecular flexibility index (Phi) is 7.80. The zero-order valence-electron chi connectivity index (χ0n) is 19.4. The minimum absolute atomic E-state index is 0.00884. The lowest BCUT2D eigenvalue weighted by Gasteiger charge is -2.13. The van der Waals surface area contributed by atoms with Crippen molar-refractivity contribution in [1.29, 1.82) is 0 Å². The van der Waals surface area contributed by atoms with Crippen LogP contribution in [0.5, 0.6) is 0 Å². The van der Waals surface area contributed by atoms with Crippen molar-refractivity contribution in [3.63, 3.8) is 0 Å². The Bertz CT molecular complexity index is 1350. The number of aromatic nitrogens is 4. The summed E-state index contributed by atoms with van der Waals surface area (Å²) in [5.41, 5.74) is 0.781. The van der Waals surface area contributed by atoms with Crippen LogP contribution in [-0.2, 0) is 10.0 Å². The van der Waals surface area contributed by atoms with Gasteiger partial charge in [0.15, 0.2) is 5.82 Å². The van der Waals surface area contributed by atoms with Crippen LogP contribution in [0.3, 0.4) is 0 Å². The highest BCUT2D eigenvalue weighted by Gasteiger charge is 2.22. The zero-order valence-corrected chi connectivity index (χ0v) is 20.9. The van der Waals surface area contributed by atoms with Gasteiger partial charge >= 0.3 is 6.09 Å². The smallest absolute Gasteiger partial charge is 0.404 e. The molecule has 188 valence electrons. The summed E-state index contributed by atoms with van der Waals surface area (Å²) in [6.07, 6.45) is 2.97. The molecule has 1 amide bonds. The summed E-state index contributed by atoms with van der Waals surface area (Å²) in [6.45, 7) is 5.71. The summed E-state index contributed by atoms with van der Waals surface area (Å²) in [5.74, 6) is -0.605. The number of anilines is 2. The predicted octanol–water partition coefficient (Wildman–Crippen LogP) is 3.82. The van der Waals surface area contributed by atoms with Crippen LogP contribution in [0.2, 0.25) is 5.02 Å². The molecule has 1 atom stereocenters. The SMILES string of the molecule is CC(C)n1cc(-c2ccnc(NC[C@H](C)NC(=O)O)n2)c(-c2cc(Cl)cc(NS(C)(=O)=O)c2F)n1. The second-order valence-corrected chi connectivity index (χ2v) is 10.3. The van der Waals surface area contributed by atoms with E-state index in [9.17, 15) is 13.2 Å². The van der Waals surface area contributed by atoms with Crippen molar-refractivity contribution in [3.05, 3.63) is 41.4 Å². The molecule has 2 heterocycles. The van der Waals surface area contributed by atoms with Gasteiger partial charge < -0.3 is 15.7 Å². The molecule has 35 heavy (non-hydrogen) atoms. The van der Waals surface area contributed by atoms with Gasteiger partial charge in [-0.05, 0) is 39.0 Å². The van der Waals surface area contributed by atoms with Crippen LogP contribution in [0.25, 0.3) is 22.5 Å². The Hall–Kier alpha value is -3.45. The Morgan fingerprint density at radius 2 is 1.97 bits per heavy atom. The molecule has 0 spiro atoms. The van der Waals surface area contributed by atoms with Crippen LogP contribution >= 0.6 is 11.6 Å². The minimum Gasteiger partial charge on any atom is -0.465 e. The molecule has 3 aromatic rings. The lowest BCUT2D eigenvalue weighted by atomic mass is 10.0. The summed E-state index contributed by atoms with van der Waals surface area (Å²) in [7, 11) is -3.76. The van der Waals surface area contributed by atoms with E-state index in [4.69, 9.17) is 16.7 Å². The topological polar surface area (TPSA) is 151 Å². The molecule has 3 rings (SSSR count). The summed E-state index contributed by atoms with van der Waals surface area (Å²) in [4.78, 5) is 19.4. The number of benzene rings is 1. The molecular weight excluding hydrogens is 501 g/mol. The second kappa shape index (κ2) is 10.4. The molecule has 0 fully saturated rings. The first-order chi connectivity index (χ1) is 16.3. The highest BCUT2D eigenvalue weighted by Crippen LogP contribution is 2.37. The van der Waals surface area contributed by atoms with E-state index in [0.717, 1.165) is 6.26 Å². The third-order valence-corrected chi connectivity index (χ3v) is 5.53. The number of rotatable bonds is 9. The molecule has 0 radical (unpaired) electrons. The van der Waals surface area contributed by atoms with Gasteiger partial charge in [0.1, 0.15) is 5.69 Å². The first-order valence-corrected chi connectivity index (χ1v) is 12.7. The lowest BCUT2D eigenvalue weighted by molar-refractivity contribution is 0.191. The summed E-state index contributed by atoms with van der Waals surface area (Å²) >= 11 is 6.18. The molecule has 4 N–H and O–H groups in total. The van der Waals surface area contributed by atoms with E-state index in [1.165, 1.54) is 18.3 Å². The maximum Gasteiger partial charge on any atom is 0.404 e. The number of halogens is 2. The fourth-order valence-electron chi connectivity index (χ4n) is 3.18. The third kappa shape index (κ3) is 6.79. The highest BCUT2D eigenvalue weighted by molar-refractivity contribution is 7.92. The number of hydrogen-bond acceptors (Lipinski definition) is 7. The minimum atomic E-state index is -3.76. The van der Waals surface area contributed by atoms with Gasteiger partial charge in [0.25, 0.3) is 0 Å². The molecule has 2 aromatic heterocycles. The molecule has 0 aliphatic rings. The summed E-state index contributed by atoms with van der Waals surface area (Å²) < 4.78 is 42.6. The fraction of sp³-hybridized carbons (Fsp3) is 0.333. The van der Waals surface area contributed by atoms with Gasteiger partial charge in [-0.3, -0.25) is 9.40 Å². The molecule has 0 saturated carbocycles. The van der Waals surface area contributed by atoms with Crippen molar-refractivity contribution in [2.24, 2.45) is 0 Å². The fourth-order valence-corrected chi connectivity index (χ4v) is 3.94. The Morgan fingerprint density at radius 1 is 1.26 bits per heavy atom. The Labute approximate surface area is 206 Å². The molecule has 11 nitrogen and oxygen atoms in total. The molecule has 1 aromatic carbocycles. The number of nitrogens with zero attached hydrogens (tertiary/aromatic N) is 4. The van der Waals surface area contributed by atoms with Crippen LogP contribution < -0.4 is 15.4 Å². The van der Waals surface area contributed by atoms with Crippen molar-refractivity contribution in [3.8, 4) is 22.5 Å². The van der Waals surface area contributed by atoms with E-state index < -0.39 is 28.0 Å². The maximum absolute atomic E-state index is 15.4. The zero-order chi connectivity index (χ0) is 25.9. The van der Waals surface area contributed by atoms with E-state index in [1.807, 2.05) is 13.8 Å². The number of carbonyl (C=O) groups is 1. The molecule has 0 unspecified atom stereocenters. The van der Waals surface area contributed by atoms with Gasteiger partial charge in [0, 0.05) is 47.2 Å². The largest absolute Gasteiger partial charge is 0.465 e. The molecule has 0 aliphatic heterocycles. The van der Waals surface area contributed by atoms with Crippen molar-refractivity contribution in [1.82, 2.24) is 25.1 Å². The standard InChI is InChI=1S/C21H25ClFN7O4S/c1-11(2)30-10-15(16-5-6-24-20(27-16)25-9-12(3)26-21(31)32)19(28-30)14-7-13(22)8-17(18(14)23)29-35(4,33)34/h5-8,10-12,26,29H,9H2,1-4H3,(H,31,32)(H,24,25,27)/t12-/m0/s1. The van der Waals surface area contributed by atoms with Crippen LogP contribution in [0, 0.1) is 5.82 Å². The van der Waals surface area contributed by atoms with Crippen molar-refractivity contribution in [2.75, 3.05) is 22.8 Å². The van der Waals surface area contributed by atoms with Crippen molar-refractivity contribution in [2.45, 2.75) is 32.9 Å². The van der Waals surface area contributed by atoms with Crippen LogP contribution in [-0.4, -0.2) is 58.2 Å². The van der Waals surface area contributed by atoms with E-state index in [0.29, 0.717) is 11.3 Å². The second-order valence-electron chi connectivity index (χ2n) is 8.15. The van der Waals surface area contributed by atoms with E-state index in [-0.39, 0.29) is 40.5 Å². The molecule has 0 saturated heterocycles. The van der Waals surface area contributed by atoms with Crippen LogP contribution in [0.4, 0.5) is 20.8 Å². The first-order valence-electron chi connectivity index (χ1n) is 10.5. The molecule has 0 bridgehead atoms. The Morgan fingerprint density at radius 3 is 2.60 bits per heavy atom. The molecule has 0 aliphatic carbocycles. The maximum atomic E-state index is 15.4. The van der Waals surface area contributed by atoms with Gasteiger partial charge in [0.2, 0.25) is 16.0 Å². The summed E-state index contributed by atoms with van der Waals surface area (Å²) in [5, 5.41) is 18.7. The Balaban J connectivity index is 2.06. The van der Waals surface area contributed by atoms with E-state index in [2.05, 4.69) is 30.4 Å². The average Bonchev–Trinajstić information content (AvgIpc) is 3.19. The lowest BCUT2D eigenvalue weighted by Crippen LogP contribution is -2.36. The van der Waals surface area contributed by atoms with Gasteiger partial charge in [-0.2, -0.15) is 5.10 Å². The van der Waals surface area contributed by atoms with Crippen molar-refractivity contribution < 1.29 is 22.7 Å². The van der Waals surface area contributed by atoms with Crippen molar-refractivity contribution >= 4 is 39.4 Å². The van der Waals surface area contributed by atoms with E-state index >= 15 is 4.39 Å². The average molecular weight is 526 g/mol. The predicted molar refractivity (Wildman–Crippen MR) is 132 cm³/mol. The van der Waals surface area contributed by atoms with Gasteiger partial charge in [0.05, 0.1) is 17.6 Å². The quantitative estimate of drug-likeness (QED) is 0.329. The first kappa shape index (κ1) is 26.2. The third-order valence-electron chi connectivity index (χ3n) is 4.72. The highest BCUT2D eigenvalue weighted by atomic mass is 35.5. The van der Waals surface area contributed by atoms with Crippen LogP contribution in [0.15, 0.2) is 30.6 Å². The number of carboxylic acid groups (broad SMARTS) is 1. The summed E-state index contributed by atoms with van der Waals surface area (Å²) in [6, 6.07) is 3.69. The monoisotopic (exact) mass is 525 g/mol. The molecule has 14 heteroatoms. The van der Waals surface area contributed by atoms with Gasteiger partial charge in [-0.25, -0.2) is 27.6 Å². The number of amides is 1. The number of sulfonamides is 1. The van der Waals surface area contributed by atoms with E-state index in [1.54, 1.807) is 23.9 Å². The molecular formula is C21H25ClFN7O4S. The number of nitrogens with one attached hydrogen (secondary N) is 3. The normalized spacial score (nSPS) is 12.4. The van der Waals surface area contributed by atoms with Gasteiger partial charge in [-0.15, -0.1) is 0 Å². The van der Waals surface area contributed by atoms with Crippen LogP contribution in [0.1, 0.15) is 26.8 Å². The number of hydrogen-bond donors (Lipinski definition) is 4. The van der Waals surface area contributed by atoms with Gasteiger partial charge in [-0.1, -0.05) is 11.6 Å².